The average molecular weight is 845 g/mol. The maximum atomic E-state index is 13.1. The Hall–Kier alpha value is -5.36. The molecule has 0 saturated carbocycles. The van der Waals surface area contributed by atoms with Gasteiger partial charge in [0.25, 0.3) is 0 Å². The van der Waals surface area contributed by atoms with Gasteiger partial charge in [0, 0.05) is 86.3 Å². The molecule has 0 radical (unpaired) electrons. The molecule has 2 amide bonds. The molecule has 0 unspecified atom stereocenters. The van der Waals surface area contributed by atoms with E-state index in [1.807, 2.05) is 38.1 Å². The van der Waals surface area contributed by atoms with Crippen LogP contribution in [-0.2, 0) is 21.9 Å². The molecular formula is C42H50F6N8O4. The predicted octanol–water partition coefficient (Wildman–Crippen LogP) is 6.16. The van der Waals surface area contributed by atoms with Crippen LogP contribution in [0.4, 0.5) is 26.3 Å². The topological polar surface area (TPSA) is 152 Å². The molecule has 0 aliphatic carbocycles. The molecule has 2 fully saturated rings. The van der Waals surface area contributed by atoms with Gasteiger partial charge in [-0.2, -0.15) is 26.3 Å². The molecule has 4 atom stereocenters. The predicted molar refractivity (Wildman–Crippen MR) is 210 cm³/mol. The number of rotatable bonds is 12. The van der Waals surface area contributed by atoms with Crippen LogP contribution in [0.5, 0.6) is 11.8 Å². The van der Waals surface area contributed by atoms with Crippen molar-refractivity contribution in [2.75, 3.05) is 39.4 Å². The van der Waals surface area contributed by atoms with Crippen LogP contribution < -0.4 is 30.7 Å². The van der Waals surface area contributed by atoms with E-state index in [-0.39, 0.29) is 48.9 Å². The maximum absolute atomic E-state index is 13.1. The Morgan fingerprint density at radius 2 is 1.00 bits per heavy atom. The van der Waals surface area contributed by atoms with Gasteiger partial charge in [0.15, 0.2) is 0 Å². The number of halogens is 6. The van der Waals surface area contributed by atoms with Gasteiger partial charge >= 0.3 is 12.4 Å². The number of aromatic nitrogens is 4. The number of aryl methyl sites for hydroxylation is 2. The van der Waals surface area contributed by atoms with Gasteiger partial charge in [0.2, 0.25) is 23.6 Å². The monoisotopic (exact) mass is 844 g/mol. The van der Waals surface area contributed by atoms with E-state index in [4.69, 9.17) is 9.47 Å². The van der Waals surface area contributed by atoms with Crippen LogP contribution in [0.2, 0.25) is 0 Å². The molecule has 4 aromatic rings. The normalized spacial score (nSPS) is 19.5. The molecule has 0 aromatic carbocycles. The summed E-state index contributed by atoms with van der Waals surface area (Å²) in [5.41, 5.74) is -0.173. The van der Waals surface area contributed by atoms with E-state index in [2.05, 4.69) is 41.2 Å². The zero-order chi connectivity index (χ0) is 43.9. The van der Waals surface area contributed by atoms with E-state index in [9.17, 15) is 35.9 Å². The lowest BCUT2D eigenvalue weighted by Crippen LogP contribution is -2.48. The highest BCUT2D eigenvalue weighted by Crippen LogP contribution is 2.37. The Bertz CT molecular complexity index is 1920. The van der Waals surface area contributed by atoms with Crippen LogP contribution in [0.25, 0.3) is 0 Å². The minimum atomic E-state index is -4.58. The number of carbonyl (C=O) groups is 2. The average Bonchev–Trinajstić information content (AvgIpc) is 3.86. The van der Waals surface area contributed by atoms with Crippen molar-refractivity contribution in [2.45, 2.75) is 77.8 Å². The summed E-state index contributed by atoms with van der Waals surface area (Å²) in [5, 5.41) is 12.6. The minimum absolute atomic E-state index is 0.0615. The summed E-state index contributed by atoms with van der Waals surface area (Å²) in [6.07, 6.45) is -3.11. The molecule has 6 heterocycles. The zero-order valence-electron chi connectivity index (χ0n) is 34.2. The van der Waals surface area contributed by atoms with Crippen LogP contribution >= 0.6 is 0 Å². The molecule has 4 aromatic heterocycles. The summed E-state index contributed by atoms with van der Waals surface area (Å²) in [5.74, 6) is -1.54. The molecule has 4 N–H and O–H groups in total. The molecule has 6 rings (SSSR count). The molecule has 60 heavy (non-hydrogen) atoms. The first-order valence-electron chi connectivity index (χ1n) is 19.3. The fourth-order valence-corrected chi connectivity index (χ4v) is 6.56. The number of alkyl halides is 6. The minimum Gasteiger partial charge on any atom is -0.476 e. The number of nitrogens with zero attached hydrogens (tertiary/aromatic N) is 4. The van der Waals surface area contributed by atoms with Gasteiger partial charge < -0.3 is 30.7 Å². The molecule has 2 aliphatic rings. The van der Waals surface area contributed by atoms with Crippen molar-refractivity contribution in [1.82, 2.24) is 41.2 Å². The number of amides is 2. The largest absolute Gasteiger partial charge is 0.476 e. The van der Waals surface area contributed by atoms with Gasteiger partial charge in [-0.15, -0.1) is 0 Å². The summed E-state index contributed by atoms with van der Waals surface area (Å²) in [6.45, 7) is 12.4. The van der Waals surface area contributed by atoms with E-state index in [1.54, 1.807) is 40.1 Å². The van der Waals surface area contributed by atoms with Gasteiger partial charge in [-0.05, 0) is 89.1 Å². The second-order valence-corrected chi connectivity index (χ2v) is 16.2. The number of hydrogen-bond donors (Lipinski definition) is 4. The van der Waals surface area contributed by atoms with Crippen LogP contribution in [0.1, 0.15) is 73.2 Å². The lowest BCUT2D eigenvalue weighted by Gasteiger charge is -2.28. The second-order valence-electron chi connectivity index (χ2n) is 16.2. The van der Waals surface area contributed by atoms with Crippen molar-refractivity contribution in [2.24, 2.45) is 10.8 Å². The standard InChI is InChI=1S/2C21H25F3N4O2/c2*1-13-6-7-14(9-27-13)15-10-25-11-17(15)28-19(29)20(2,3)12-30-18-16(21(22,23)24)5-4-8-26-18/h2*4-9,15,17,25H,10-12H2,1-3H3,(H,28,29)/t2*15-,17+/m10/s1. The lowest BCUT2D eigenvalue weighted by atomic mass is 9.90. The molecule has 2 aliphatic heterocycles. The van der Waals surface area contributed by atoms with Crippen molar-refractivity contribution in [1.29, 1.82) is 0 Å². The highest BCUT2D eigenvalue weighted by atomic mass is 19.4. The molecule has 12 nitrogen and oxygen atoms in total. The van der Waals surface area contributed by atoms with Gasteiger partial charge in [-0.3, -0.25) is 19.6 Å². The SMILES string of the molecule is Cc1ccc([C@@H]2CNC[C@H]2NC(=O)C(C)(C)COc2ncccc2C(F)(F)F)cn1.Cc1ccc([C@H]2CNC[C@@H]2NC(=O)C(C)(C)COc2ncccc2C(F)(F)F)cn1. The summed E-state index contributed by atoms with van der Waals surface area (Å²) in [4.78, 5) is 41.7. The van der Waals surface area contributed by atoms with E-state index in [0.717, 1.165) is 34.6 Å². The van der Waals surface area contributed by atoms with Crippen LogP contribution in [-0.4, -0.2) is 83.2 Å². The smallest absolute Gasteiger partial charge is 0.421 e. The Kier molecular flexibility index (Phi) is 14.4. The van der Waals surface area contributed by atoms with Crippen LogP contribution in [0, 0.1) is 24.7 Å². The highest BCUT2D eigenvalue weighted by molar-refractivity contribution is 5.83. The van der Waals surface area contributed by atoms with E-state index >= 15 is 0 Å². The molecule has 18 heteroatoms. The van der Waals surface area contributed by atoms with Gasteiger partial charge in [0.1, 0.15) is 24.3 Å². The van der Waals surface area contributed by atoms with Gasteiger partial charge in [0.05, 0.1) is 10.8 Å². The third-order valence-electron chi connectivity index (χ3n) is 10.3. The number of carbonyl (C=O) groups excluding carboxylic acids is 2. The van der Waals surface area contributed by atoms with Crippen LogP contribution in [0.15, 0.2) is 73.3 Å². The molecular weight excluding hydrogens is 795 g/mol. The van der Waals surface area contributed by atoms with Crippen molar-refractivity contribution in [3.63, 3.8) is 0 Å². The molecule has 324 valence electrons. The van der Waals surface area contributed by atoms with Gasteiger partial charge in [-0.1, -0.05) is 12.1 Å². The van der Waals surface area contributed by atoms with E-state index in [0.29, 0.717) is 26.2 Å². The van der Waals surface area contributed by atoms with Crippen molar-refractivity contribution in [3.8, 4) is 11.8 Å². The highest BCUT2D eigenvalue weighted by Gasteiger charge is 2.40. The summed E-state index contributed by atoms with van der Waals surface area (Å²) in [6, 6.07) is 11.7. The molecule has 0 spiro atoms. The fourth-order valence-electron chi connectivity index (χ4n) is 6.56. The Morgan fingerprint density at radius 1 is 0.617 bits per heavy atom. The lowest BCUT2D eigenvalue weighted by molar-refractivity contribution is -0.141. The zero-order valence-corrected chi connectivity index (χ0v) is 34.2. The first-order chi connectivity index (χ1) is 28.2. The first-order valence-corrected chi connectivity index (χ1v) is 19.3. The number of nitrogens with one attached hydrogen (secondary N) is 4. The number of ether oxygens (including phenoxy) is 2. The second kappa shape index (κ2) is 18.9. The quantitative estimate of drug-likeness (QED) is 0.122. The molecule has 2 saturated heterocycles. The maximum Gasteiger partial charge on any atom is 0.421 e. The summed E-state index contributed by atoms with van der Waals surface area (Å²) in [7, 11) is 0. The van der Waals surface area contributed by atoms with Crippen molar-refractivity contribution < 1.29 is 45.4 Å². The number of pyridine rings is 4. The Labute approximate surface area is 344 Å². The fraction of sp³-hybridized carbons (Fsp3) is 0.476. The van der Waals surface area contributed by atoms with Gasteiger partial charge in [-0.25, -0.2) is 9.97 Å². The third-order valence-corrected chi connectivity index (χ3v) is 10.3. The summed E-state index contributed by atoms with van der Waals surface area (Å²) < 4.78 is 89.3. The third kappa shape index (κ3) is 11.9. The van der Waals surface area contributed by atoms with E-state index in [1.165, 1.54) is 24.5 Å². The van der Waals surface area contributed by atoms with Crippen molar-refractivity contribution in [3.05, 3.63) is 107 Å². The summed E-state index contributed by atoms with van der Waals surface area (Å²) >= 11 is 0. The molecule has 0 bridgehead atoms. The van der Waals surface area contributed by atoms with E-state index < -0.39 is 46.1 Å². The first kappa shape index (κ1) is 45.7. The van der Waals surface area contributed by atoms with Crippen molar-refractivity contribution >= 4 is 11.8 Å². The Morgan fingerprint density at radius 3 is 1.33 bits per heavy atom. The Balaban J connectivity index is 0.000000228. The van der Waals surface area contributed by atoms with Crippen LogP contribution in [0.3, 0.4) is 0 Å². The number of hydrogen-bond acceptors (Lipinski definition) is 10.